The third-order valence-electron chi connectivity index (χ3n) is 4.65. The number of aromatic amines is 2. The lowest BCUT2D eigenvalue weighted by molar-refractivity contribution is 0.0740. The summed E-state index contributed by atoms with van der Waals surface area (Å²) < 4.78 is 6.48. The maximum Gasteiger partial charge on any atom is 0.349 e. The number of nitrogen functional groups attached to an aromatic ring is 1. The van der Waals surface area contributed by atoms with Crippen molar-refractivity contribution in [1.29, 1.82) is 0 Å². The summed E-state index contributed by atoms with van der Waals surface area (Å²) in [5.41, 5.74) is 4.02. The molecule has 13 heteroatoms. The fourth-order valence-corrected chi connectivity index (χ4v) is 3.61. The molecule has 156 valence electrons. The van der Waals surface area contributed by atoms with Gasteiger partial charge in [-0.05, 0) is 30.9 Å². The molecular formula is C17H14Cl2N6O5. The van der Waals surface area contributed by atoms with Gasteiger partial charge in [0.15, 0.2) is 5.75 Å². The number of rotatable bonds is 4. The molecule has 3 aromatic rings. The van der Waals surface area contributed by atoms with Crippen LogP contribution in [0.2, 0.25) is 10.0 Å². The Bertz CT molecular complexity index is 1290. The number of hydrogen-bond acceptors (Lipinski definition) is 8. The summed E-state index contributed by atoms with van der Waals surface area (Å²) in [5, 5.41) is 19.4. The van der Waals surface area contributed by atoms with Crippen LogP contribution >= 0.6 is 23.2 Å². The van der Waals surface area contributed by atoms with Crippen LogP contribution in [0, 0.1) is 0 Å². The Labute approximate surface area is 177 Å². The Morgan fingerprint density at radius 2 is 1.80 bits per heavy atom. The van der Waals surface area contributed by atoms with Crippen LogP contribution in [0.1, 0.15) is 24.3 Å². The molecular weight excluding hydrogens is 439 g/mol. The van der Waals surface area contributed by atoms with Gasteiger partial charge in [-0.3, -0.25) is 14.6 Å². The minimum Gasteiger partial charge on any atom is -0.434 e. The zero-order valence-electron chi connectivity index (χ0n) is 15.1. The van der Waals surface area contributed by atoms with Crippen LogP contribution < -0.4 is 27.3 Å². The highest BCUT2D eigenvalue weighted by molar-refractivity contribution is 6.37. The van der Waals surface area contributed by atoms with E-state index in [2.05, 4.69) is 15.3 Å². The molecule has 0 radical (unpaired) electrons. The number of aliphatic hydroxyl groups excluding tert-OH is 1. The van der Waals surface area contributed by atoms with E-state index in [1.54, 1.807) is 0 Å². The zero-order valence-corrected chi connectivity index (χ0v) is 16.6. The van der Waals surface area contributed by atoms with Gasteiger partial charge in [0, 0.05) is 11.6 Å². The van der Waals surface area contributed by atoms with Crippen molar-refractivity contribution >= 4 is 29.0 Å². The standard InChI is InChI=1S/C17H14Cl2N6O5/c18-10-3-7(25-17(29)21-16(28)14(20)24-25)4-11(19)13(10)30-12-5-9(15(27)23-22-12)6-1-8(26)2-6/h3-6,8,26H,1-2H2,(H2,20,24)(H,23,27)(H,21,28,29)/t6-,8+. The van der Waals surface area contributed by atoms with Crippen LogP contribution in [0.4, 0.5) is 5.82 Å². The predicted molar refractivity (Wildman–Crippen MR) is 108 cm³/mol. The second-order valence-corrected chi connectivity index (χ2v) is 7.52. The van der Waals surface area contributed by atoms with Crippen molar-refractivity contribution in [3.05, 3.63) is 65.0 Å². The SMILES string of the molecule is Nc1nn(-c2cc(Cl)c(Oc3cc([C@H]4C[C@@H](O)C4)c(=O)[nH]n3)c(Cl)c2)c(=O)[nH]c1=O. The molecule has 0 amide bonds. The van der Waals surface area contributed by atoms with Crippen molar-refractivity contribution < 1.29 is 9.84 Å². The van der Waals surface area contributed by atoms with E-state index in [4.69, 9.17) is 33.7 Å². The summed E-state index contributed by atoms with van der Waals surface area (Å²) in [5.74, 6) is -0.419. The van der Waals surface area contributed by atoms with E-state index in [1.165, 1.54) is 18.2 Å². The molecule has 30 heavy (non-hydrogen) atoms. The Kier molecular flexibility index (Phi) is 5.10. The summed E-state index contributed by atoms with van der Waals surface area (Å²) >= 11 is 12.5. The highest BCUT2D eigenvalue weighted by Gasteiger charge is 2.31. The van der Waals surface area contributed by atoms with Crippen LogP contribution in [0.15, 0.2) is 32.6 Å². The molecule has 1 fully saturated rings. The van der Waals surface area contributed by atoms with E-state index in [-0.39, 0.29) is 38.8 Å². The van der Waals surface area contributed by atoms with Crippen molar-refractivity contribution in [3.8, 4) is 17.3 Å². The van der Waals surface area contributed by atoms with E-state index in [1.807, 2.05) is 4.98 Å². The zero-order chi connectivity index (χ0) is 21.6. The van der Waals surface area contributed by atoms with E-state index in [9.17, 15) is 19.5 Å². The highest BCUT2D eigenvalue weighted by atomic mass is 35.5. The van der Waals surface area contributed by atoms with Crippen molar-refractivity contribution in [2.24, 2.45) is 0 Å². The average Bonchev–Trinajstić information content (AvgIpc) is 2.66. The number of H-pyrrole nitrogens is 2. The predicted octanol–water partition coefficient (Wildman–Crippen LogP) is 0.924. The minimum atomic E-state index is -0.829. The van der Waals surface area contributed by atoms with E-state index >= 15 is 0 Å². The number of aromatic nitrogens is 5. The van der Waals surface area contributed by atoms with Crippen LogP contribution in [0.3, 0.4) is 0 Å². The van der Waals surface area contributed by atoms with Crippen LogP contribution in [0.25, 0.3) is 5.69 Å². The molecule has 1 aliphatic carbocycles. The molecule has 0 spiro atoms. The van der Waals surface area contributed by atoms with Gasteiger partial charge in [0.2, 0.25) is 11.7 Å². The van der Waals surface area contributed by atoms with Crippen molar-refractivity contribution in [2.75, 3.05) is 5.73 Å². The largest absolute Gasteiger partial charge is 0.434 e. The first-order valence-electron chi connectivity index (χ1n) is 8.67. The Morgan fingerprint density at radius 3 is 2.43 bits per heavy atom. The molecule has 5 N–H and O–H groups in total. The maximum atomic E-state index is 12.0. The van der Waals surface area contributed by atoms with Gasteiger partial charge in [0.25, 0.3) is 11.1 Å². The highest BCUT2D eigenvalue weighted by Crippen LogP contribution is 2.39. The lowest BCUT2D eigenvalue weighted by Crippen LogP contribution is -2.33. The molecule has 4 rings (SSSR count). The minimum absolute atomic E-state index is 0.0181. The fraction of sp³-hybridized carbons (Fsp3) is 0.235. The van der Waals surface area contributed by atoms with Gasteiger partial charge in [-0.1, -0.05) is 23.2 Å². The van der Waals surface area contributed by atoms with Gasteiger partial charge in [-0.2, -0.15) is 4.68 Å². The molecule has 0 saturated heterocycles. The van der Waals surface area contributed by atoms with Crippen LogP contribution in [-0.4, -0.2) is 36.2 Å². The molecule has 0 atom stereocenters. The van der Waals surface area contributed by atoms with Gasteiger partial charge in [-0.15, -0.1) is 10.2 Å². The second-order valence-electron chi connectivity index (χ2n) is 6.71. The summed E-state index contributed by atoms with van der Waals surface area (Å²) in [6, 6.07) is 4.14. The first kappa shape index (κ1) is 20.1. The van der Waals surface area contributed by atoms with E-state index < -0.39 is 23.2 Å². The van der Waals surface area contributed by atoms with Crippen molar-refractivity contribution in [3.63, 3.8) is 0 Å². The lowest BCUT2D eigenvalue weighted by Gasteiger charge is -2.30. The third kappa shape index (κ3) is 3.70. The normalized spacial score (nSPS) is 18.1. The fourth-order valence-electron chi connectivity index (χ4n) is 3.06. The summed E-state index contributed by atoms with van der Waals surface area (Å²) in [6.07, 6.45) is 0.530. The van der Waals surface area contributed by atoms with Crippen LogP contribution in [0.5, 0.6) is 11.6 Å². The smallest absolute Gasteiger partial charge is 0.349 e. The summed E-state index contributed by atoms with van der Waals surface area (Å²) in [6.45, 7) is 0. The first-order valence-corrected chi connectivity index (χ1v) is 9.42. The molecule has 1 aromatic carbocycles. The lowest BCUT2D eigenvalue weighted by atomic mass is 9.78. The number of aliphatic hydroxyl groups is 1. The number of nitrogens with one attached hydrogen (secondary N) is 2. The molecule has 0 bridgehead atoms. The summed E-state index contributed by atoms with van der Waals surface area (Å²) in [4.78, 5) is 37.4. The van der Waals surface area contributed by atoms with Gasteiger partial charge < -0.3 is 15.6 Å². The average molecular weight is 453 g/mol. The number of nitrogens with zero attached hydrogens (tertiary/aromatic N) is 3. The molecule has 0 unspecified atom stereocenters. The molecule has 2 heterocycles. The van der Waals surface area contributed by atoms with Crippen molar-refractivity contribution in [2.45, 2.75) is 24.9 Å². The van der Waals surface area contributed by atoms with Gasteiger partial charge in [0.05, 0.1) is 21.8 Å². The van der Waals surface area contributed by atoms with E-state index in [0.717, 1.165) is 4.68 Å². The van der Waals surface area contributed by atoms with Gasteiger partial charge in [-0.25, -0.2) is 9.89 Å². The number of ether oxygens (including phenoxy) is 1. The van der Waals surface area contributed by atoms with E-state index in [0.29, 0.717) is 18.4 Å². The Hall–Kier alpha value is -3.15. The number of nitrogens with two attached hydrogens (primary N) is 1. The molecule has 1 saturated carbocycles. The Morgan fingerprint density at radius 1 is 1.13 bits per heavy atom. The quantitative estimate of drug-likeness (QED) is 0.452. The topological polar surface area (TPSA) is 169 Å². The van der Waals surface area contributed by atoms with Crippen LogP contribution in [-0.2, 0) is 0 Å². The summed E-state index contributed by atoms with van der Waals surface area (Å²) in [7, 11) is 0. The number of benzene rings is 1. The third-order valence-corrected chi connectivity index (χ3v) is 5.21. The molecule has 2 aromatic heterocycles. The maximum absolute atomic E-state index is 12.0. The molecule has 0 aliphatic heterocycles. The first-order chi connectivity index (χ1) is 14.2. The number of halogens is 2. The molecule has 1 aliphatic rings. The monoisotopic (exact) mass is 452 g/mol. The molecule has 11 nitrogen and oxygen atoms in total. The Balaban J connectivity index is 1.68. The van der Waals surface area contributed by atoms with Gasteiger partial charge in [0.1, 0.15) is 0 Å². The van der Waals surface area contributed by atoms with Crippen molar-refractivity contribution in [1.82, 2.24) is 25.0 Å². The van der Waals surface area contributed by atoms with Gasteiger partial charge >= 0.3 is 5.69 Å². The number of hydrogen-bond donors (Lipinski definition) is 4. The second kappa shape index (κ2) is 7.59. The number of anilines is 1.